The predicted octanol–water partition coefficient (Wildman–Crippen LogP) is 21.7. The standard InChI is InChI=1S/C82H121NO8/c1-6-8-10-12-14-16-18-20-22-24-26-28-30-32-34-35-36-37-38-39-40-41-42-43-44-45-47-49-51-53-55-57-59-61-63-65-67-69-71-73-80(85)91-78(77-90-82(81(86)87)88-75-74-83(3,4)5)76-89-79(84)72-70-68-66-64-62-60-58-56-54-52-50-48-46-33-31-29-27-25-23-21-19-17-15-13-11-9-7-2/h8-11,14-17,20-23,26-29,32-34,36-37,39-40,42-43,45-47,50-53,56-59,62-65,78,82H,6-7,12-13,18-19,24-25,30-31,35,38,41,44,48-49,54-55,60-61,66-77H2,1-5H3/p+1/b10-8-,11-9-,16-14-,17-15-,22-20-,23-21-,28-26-,29-27-,34-32-,37-36-,40-39-,43-42-,46-33-,47-45-,52-50-,53-51-,58-56-,59-57-,64-62-,65-63-. The van der Waals surface area contributed by atoms with Gasteiger partial charge in [-0.15, -0.1) is 0 Å². The summed E-state index contributed by atoms with van der Waals surface area (Å²) in [7, 11) is 5.92. The maximum absolute atomic E-state index is 12.9. The van der Waals surface area contributed by atoms with Gasteiger partial charge >= 0.3 is 17.9 Å². The van der Waals surface area contributed by atoms with E-state index in [9.17, 15) is 19.5 Å². The van der Waals surface area contributed by atoms with Crippen molar-refractivity contribution in [3.8, 4) is 0 Å². The molecule has 0 aliphatic carbocycles. The Morgan fingerprint density at radius 1 is 0.330 bits per heavy atom. The number of rotatable bonds is 59. The number of hydrogen-bond acceptors (Lipinski definition) is 7. The van der Waals surface area contributed by atoms with Gasteiger partial charge in [0.05, 0.1) is 34.4 Å². The second-order valence-electron chi connectivity index (χ2n) is 22.7. The Bertz CT molecular complexity index is 2390. The highest BCUT2D eigenvalue weighted by molar-refractivity contribution is 5.71. The highest BCUT2D eigenvalue weighted by Gasteiger charge is 2.25. The van der Waals surface area contributed by atoms with E-state index in [0.29, 0.717) is 23.9 Å². The van der Waals surface area contributed by atoms with Gasteiger partial charge in [0.15, 0.2) is 6.10 Å². The number of carboxylic acids is 1. The quantitative estimate of drug-likeness (QED) is 0.0211. The lowest BCUT2D eigenvalue weighted by atomic mass is 10.1. The first-order chi connectivity index (χ1) is 44.6. The molecule has 0 bridgehead atoms. The van der Waals surface area contributed by atoms with Crippen molar-refractivity contribution in [3.05, 3.63) is 243 Å². The molecule has 2 atom stereocenters. The molecule has 9 nitrogen and oxygen atoms in total. The van der Waals surface area contributed by atoms with E-state index in [4.69, 9.17) is 18.9 Å². The minimum absolute atomic E-state index is 0.156. The van der Waals surface area contributed by atoms with Crippen molar-refractivity contribution in [2.24, 2.45) is 0 Å². The van der Waals surface area contributed by atoms with Crippen LogP contribution in [0.3, 0.4) is 0 Å². The van der Waals surface area contributed by atoms with E-state index < -0.39 is 30.3 Å². The average Bonchev–Trinajstić information content (AvgIpc) is 3.46. The summed E-state index contributed by atoms with van der Waals surface area (Å²) in [6, 6.07) is 0. The Morgan fingerprint density at radius 2 is 0.582 bits per heavy atom. The van der Waals surface area contributed by atoms with Crippen LogP contribution in [-0.4, -0.2) is 87.4 Å². The van der Waals surface area contributed by atoms with E-state index in [0.717, 1.165) is 154 Å². The van der Waals surface area contributed by atoms with E-state index in [2.05, 4.69) is 257 Å². The van der Waals surface area contributed by atoms with Gasteiger partial charge in [-0.2, -0.15) is 0 Å². The van der Waals surface area contributed by atoms with Gasteiger partial charge in [0.2, 0.25) is 0 Å². The summed E-state index contributed by atoms with van der Waals surface area (Å²) in [5, 5.41) is 9.73. The van der Waals surface area contributed by atoms with Crippen LogP contribution in [0, 0.1) is 0 Å². The fourth-order valence-corrected chi connectivity index (χ4v) is 7.95. The first-order valence-electron chi connectivity index (χ1n) is 34.2. The fourth-order valence-electron chi connectivity index (χ4n) is 7.95. The van der Waals surface area contributed by atoms with E-state index in [1.807, 2.05) is 21.1 Å². The van der Waals surface area contributed by atoms with Crippen molar-refractivity contribution in [1.82, 2.24) is 0 Å². The molecule has 0 fully saturated rings. The number of nitrogens with zero attached hydrogens (tertiary/aromatic N) is 1. The van der Waals surface area contributed by atoms with Gasteiger partial charge in [0, 0.05) is 12.8 Å². The van der Waals surface area contributed by atoms with Crippen LogP contribution in [0.5, 0.6) is 0 Å². The fraction of sp³-hybridized carbons (Fsp3) is 0.476. The van der Waals surface area contributed by atoms with E-state index in [-0.39, 0.29) is 32.7 Å². The van der Waals surface area contributed by atoms with Crippen LogP contribution < -0.4 is 0 Å². The highest BCUT2D eigenvalue weighted by atomic mass is 16.7. The number of likely N-dealkylation sites (N-methyl/N-ethyl adjacent to an activating group) is 1. The third-order valence-corrected chi connectivity index (χ3v) is 13.1. The summed E-state index contributed by atoms with van der Waals surface area (Å²) in [5.41, 5.74) is 0. The zero-order chi connectivity index (χ0) is 66.1. The number of carbonyl (C=O) groups excluding carboxylic acids is 2. The molecule has 9 heteroatoms. The maximum Gasteiger partial charge on any atom is 0.361 e. The molecule has 0 heterocycles. The summed E-state index contributed by atoms with van der Waals surface area (Å²) in [5.74, 6) is -2.16. The van der Waals surface area contributed by atoms with Gasteiger partial charge in [-0.3, -0.25) is 9.59 Å². The van der Waals surface area contributed by atoms with Crippen LogP contribution in [0.1, 0.15) is 194 Å². The lowest BCUT2D eigenvalue weighted by molar-refractivity contribution is -0.870. The Kier molecular flexibility index (Phi) is 63.7. The summed E-state index contributed by atoms with van der Waals surface area (Å²) in [6.45, 7) is 4.50. The lowest BCUT2D eigenvalue weighted by Gasteiger charge is -2.25. The van der Waals surface area contributed by atoms with Crippen molar-refractivity contribution in [1.29, 1.82) is 0 Å². The Labute approximate surface area is 554 Å². The smallest absolute Gasteiger partial charge is 0.361 e. The minimum Gasteiger partial charge on any atom is -0.477 e. The van der Waals surface area contributed by atoms with Gasteiger partial charge in [-0.25, -0.2) is 4.79 Å². The summed E-state index contributed by atoms with van der Waals surface area (Å²) in [4.78, 5) is 37.6. The van der Waals surface area contributed by atoms with Crippen LogP contribution >= 0.6 is 0 Å². The third kappa shape index (κ3) is 70.4. The normalized spacial score (nSPS) is 14.3. The third-order valence-electron chi connectivity index (χ3n) is 13.1. The molecule has 0 aromatic rings. The molecule has 0 aromatic carbocycles. The topological polar surface area (TPSA) is 108 Å². The number of ether oxygens (including phenoxy) is 4. The number of quaternary nitrogens is 1. The number of hydrogen-bond donors (Lipinski definition) is 1. The molecule has 502 valence electrons. The number of carbonyl (C=O) groups is 3. The molecule has 0 rings (SSSR count). The largest absolute Gasteiger partial charge is 0.477 e. The summed E-state index contributed by atoms with van der Waals surface area (Å²) in [6.07, 6.45) is 110. The molecule has 0 saturated carbocycles. The second-order valence-corrected chi connectivity index (χ2v) is 22.7. The molecular weight excluding hydrogens is 1130 g/mol. The Hall–Kier alpha value is -6.91. The highest BCUT2D eigenvalue weighted by Crippen LogP contribution is 2.11. The molecule has 0 radical (unpaired) electrons. The lowest BCUT2D eigenvalue weighted by Crippen LogP contribution is -2.40. The van der Waals surface area contributed by atoms with E-state index >= 15 is 0 Å². The summed E-state index contributed by atoms with van der Waals surface area (Å²) >= 11 is 0. The molecule has 0 aliphatic rings. The summed E-state index contributed by atoms with van der Waals surface area (Å²) < 4.78 is 22.8. The van der Waals surface area contributed by atoms with Crippen molar-refractivity contribution in [3.63, 3.8) is 0 Å². The molecule has 1 N–H and O–H groups in total. The van der Waals surface area contributed by atoms with Crippen LogP contribution in [0.2, 0.25) is 0 Å². The van der Waals surface area contributed by atoms with Gasteiger partial charge in [-0.05, 0) is 167 Å². The molecule has 0 amide bonds. The minimum atomic E-state index is -1.55. The average molecular weight is 1250 g/mol. The Morgan fingerprint density at radius 3 is 0.835 bits per heavy atom. The van der Waals surface area contributed by atoms with Gasteiger partial charge < -0.3 is 28.5 Å². The second kappa shape index (κ2) is 69.0. The molecular formula is C82H122NO8+. The number of allylic oxidation sites excluding steroid dienone is 40. The van der Waals surface area contributed by atoms with E-state index in [1.165, 1.54) is 0 Å². The van der Waals surface area contributed by atoms with Crippen LogP contribution in [0.15, 0.2) is 243 Å². The number of unbranched alkanes of at least 4 members (excludes halogenated alkanes) is 4. The van der Waals surface area contributed by atoms with Crippen LogP contribution in [0.4, 0.5) is 0 Å². The van der Waals surface area contributed by atoms with Crippen molar-refractivity contribution >= 4 is 17.9 Å². The van der Waals surface area contributed by atoms with Crippen LogP contribution in [0.25, 0.3) is 0 Å². The zero-order valence-electron chi connectivity index (χ0n) is 57.1. The molecule has 0 aliphatic heterocycles. The molecule has 0 aromatic heterocycles. The van der Waals surface area contributed by atoms with Crippen LogP contribution in [-0.2, 0) is 33.3 Å². The molecule has 0 spiro atoms. The monoisotopic (exact) mass is 1250 g/mol. The Balaban J connectivity index is 4.40. The van der Waals surface area contributed by atoms with Gasteiger partial charge in [0.25, 0.3) is 6.29 Å². The first kappa shape index (κ1) is 84.1. The number of aliphatic carboxylic acids is 1. The van der Waals surface area contributed by atoms with Gasteiger partial charge in [-0.1, -0.05) is 257 Å². The molecule has 2 unspecified atom stereocenters. The van der Waals surface area contributed by atoms with Crippen molar-refractivity contribution in [2.75, 3.05) is 47.5 Å². The predicted molar refractivity (Wildman–Crippen MR) is 390 cm³/mol. The van der Waals surface area contributed by atoms with E-state index in [1.54, 1.807) is 0 Å². The number of esters is 2. The zero-order valence-corrected chi connectivity index (χ0v) is 57.1. The molecule has 91 heavy (non-hydrogen) atoms. The van der Waals surface area contributed by atoms with Crippen molar-refractivity contribution < 1.29 is 42.9 Å². The van der Waals surface area contributed by atoms with Gasteiger partial charge in [0.1, 0.15) is 13.2 Å². The van der Waals surface area contributed by atoms with Crippen molar-refractivity contribution in [2.45, 2.75) is 206 Å². The number of carboxylic acid groups (broad SMARTS) is 1. The SMILES string of the molecule is CC/C=C\C/C=C\C/C=C\C/C=C\C/C=C\C/C=C\C/C=C\C/C=C\C/C=C\C/C=C\C/C=C\C/C=C\CCCCC(=O)OC(COC(=O)CCCC/C=C\C/C=C\C/C=C\C/C=C\C/C=C\C/C=C\C/C=C\C/C=C\CC)COC(OCC[N+](C)(C)C)C(=O)O. The maximum atomic E-state index is 12.9. The first-order valence-corrected chi connectivity index (χ1v) is 34.2. The molecule has 0 saturated heterocycles.